The number of aliphatic imine (C=N–C) groups is 1. The molecule has 0 bridgehead atoms. The van der Waals surface area contributed by atoms with Gasteiger partial charge in [0.05, 0.1) is 19.3 Å². The molecular weight excluding hydrogens is 521 g/mol. The van der Waals surface area contributed by atoms with Gasteiger partial charge in [-0.1, -0.05) is 18.2 Å². The Kier molecular flexibility index (Phi) is 10.4. The summed E-state index contributed by atoms with van der Waals surface area (Å²) in [6.45, 7) is 6.14. The number of guanidine groups is 1. The third-order valence-corrected chi connectivity index (χ3v) is 5.03. The van der Waals surface area contributed by atoms with Crippen LogP contribution in [0.3, 0.4) is 0 Å². The minimum Gasteiger partial charge on any atom is -0.495 e. The smallest absolute Gasteiger partial charge is 0.221 e. The molecule has 1 aliphatic heterocycles. The number of halogens is 1. The van der Waals surface area contributed by atoms with Crippen molar-refractivity contribution in [2.75, 3.05) is 63.7 Å². The van der Waals surface area contributed by atoms with Crippen molar-refractivity contribution in [3.63, 3.8) is 0 Å². The Hall–Kier alpha value is -2.69. The van der Waals surface area contributed by atoms with Gasteiger partial charge in [0.25, 0.3) is 0 Å². The Morgan fingerprint density at radius 3 is 2.53 bits per heavy atom. The lowest BCUT2D eigenvalue weighted by atomic mass is 10.2. The zero-order chi connectivity index (χ0) is 22.1. The maximum absolute atomic E-state index is 11.2. The average Bonchev–Trinajstić information content (AvgIpc) is 2.79. The molecule has 0 saturated carbocycles. The van der Waals surface area contributed by atoms with Crippen molar-refractivity contribution >= 4 is 47.2 Å². The number of ether oxygens (including phenoxy) is 2. The fourth-order valence-corrected chi connectivity index (χ4v) is 3.58. The lowest BCUT2D eigenvalue weighted by molar-refractivity contribution is -0.114. The Balaban J connectivity index is 0.00000363. The molecule has 0 radical (unpaired) electrons. The number of hydrogen-bond acceptors (Lipinski definition) is 5. The molecular formula is C23H32IN5O3. The molecule has 0 atom stereocenters. The summed E-state index contributed by atoms with van der Waals surface area (Å²) in [6, 6.07) is 15.5. The van der Waals surface area contributed by atoms with Gasteiger partial charge in [-0.25, -0.2) is 0 Å². The average molecular weight is 553 g/mol. The first-order valence-electron chi connectivity index (χ1n) is 10.4. The normalized spacial score (nSPS) is 13.8. The van der Waals surface area contributed by atoms with E-state index in [1.54, 1.807) is 14.2 Å². The summed E-state index contributed by atoms with van der Waals surface area (Å²) in [6.07, 6.45) is 0. The predicted molar refractivity (Wildman–Crippen MR) is 140 cm³/mol. The van der Waals surface area contributed by atoms with E-state index in [1.165, 1.54) is 6.92 Å². The number of nitrogens with zero attached hydrogens (tertiary/aromatic N) is 3. The second kappa shape index (κ2) is 13.0. The van der Waals surface area contributed by atoms with Crippen molar-refractivity contribution in [3.05, 3.63) is 48.5 Å². The van der Waals surface area contributed by atoms with Crippen molar-refractivity contribution < 1.29 is 14.3 Å². The van der Waals surface area contributed by atoms with Crippen LogP contribution in [0, 0.1) is 0 Å². The van der Waals surface area contributed by atoms with Crippen LogP contribution in [0.25, 0.3) is 0 Å². The number of methoxy groups -OCH3 is 1. The molecule has 3 rings (SSSR count). The van der Waals surface area contributed by atoms with E-state index >= 15 is 0 Å². The Labute approximate surface area is 207 Å². The third kappa shape index (κ3) is 7.18. The molecule has 9 heteroatoms. The first-order valence-corrected chi connectivity index (χ1v) is 10.4. The maximum atomic E-state index is 11.2. The van der Waals surface area contributed by atoms with E-state index in [0.29, 0.717) is 18.9 Å². The van der Waals surface area contributed by atoms with E-state index in [9.17, 15) is 4.79 Å². The van der Waals surface area contributed by atoms with Crippen LogP contribution >= 0.6 is 24.0 Å². The fraction of sp³-hybridized carbons (Fsp3) is 0.391. The van der Waals surface area contributed by atoms with Gasteiger partial charge in [-0.2, -0.15) is 0 Å². The number of benzene rings is 2. The number of anilines is 2. The first kappa shape index (κ1) is 25.6. The summed E-state index contributed by atoms with van der Waals surface area (Å²) in [5.74, 6) is 2.38. The number of carbonyl (C=O) groups excluding carboxylic acids is 1. The molecule has 0 unspecified atom stereocenters. The summed E-state index contributed by atoms with van der Waals surface area (Å²) in [5, 5.41) is 6.13. The number of piperazine rings is 1. The highest BCUT2D eigenvalue weighted by molar-refractivity contribution is 14.0. The molecule has 0 aliphatic carbocycles. The summed E-state index contributed by atoms with van der Waals surface area (Å²) in [7, 11) is 3.51. The molecule has 2 aromatic carbocycles. The van der Waals surface area contributed by atoms with Crippen molar-refractivity contribution in [1.29, 1.82) is 0 Å². The number of rotatable bonds is 7. The van der Waals surface area contributed by atoms with Gasteiger partial charge < -0.3 is 29.9 Å². The van der Waals surface area contributed by atoms with Crippen molar-refractivity contribution in [1.82, 2.24) is 10.2 Å². The Bertz CT molecular complexity index is 901. The Morgan fingerprint density at radius 2 is 1.84 bits per heavy atom. The molecule has 8 nitrogen and oxygen atoms in total. The van der Waals surface area contributed by atoms with Crippen LogP contribution in [-0.2, 0) is 4.79 Å². The topological polar surface area (TPSA) is 78.4 Å². The van der Waals surface area contributed by atoms with Crippen LogP contribution in [0.4, 0.5) is 11.4 Å². The zero-order valence-electron chi connectivity index (χ0n) is 18.8. The highest BCUT2D eigenvalue weighted by atomic mass is 127. The van der Waals surface area contributed by atoms with Crippen molar-refractivity contribution in [2.45, 2.75) is 6.92 Å². The quantitative estimate of drug-likeness (QED) is 0.238. The molecule has 1 fully saturated rings. The first-order chi connectivity index (χ1) is 15.1. The van der Waals surface area contributed by atoms with Gasteiger partial charge in [-0.15, -0.1) is 24.0 Å². The van der Waals surface area contributed by atoms with Gasteiger partial charge in [0.2, 0.25) is 5.91 Å². The third-order valence-electron chi connectivity index (χ3n) is 5.03. The number of carbonyl (C=O) groups is 1. The molecule has 2 aromatic rings. The molecule has 32 heavy (non-hydrogen) atoms. The van der Waals surface area contributed by atoms with Crippen LogP contribution in [0.1, 0.15) is 6.92 Å². The van der Waals surface area contributed by atoms with E-state index in [4.69, 9.17) is 9.47 Å². The minimum atomic E-state index is -0.103. The van der Waals surface area contributed by atoms with Crippen LogP contribution in [0.5, 0.6) is 11.5 Å². The summed E-state index contributed by atoms with van der Waals surface area (Å²) < 4.78 is 11.3. The number of amides is 1. The van der Waals surface area contributed by atoms with E-state index in [1.807, 2.05) is 42.5 Å². The molecule has 1 saturated heterocycles. The number of para-hydroxylation sites is 2. The highest BCUT2D eigenvalue weighted by Crippen LogP contribution is 2.28. The van der Waals surface area contributed by atoms with E-state index < -0.39 is 0 Å². The van der Waals surface area contributed by atoms with Crippen molar-refractivity contribution in [2.24, 2.45) is 4.99 Å². The van der Waals surface area contributed by atoms with Crippen LogP contribution < -0.4 is 25.0 Å². The number of nitrogens with one attached hydrogen (secondary N) is 2. The maximum Gasteiger partial charge on any atom is 0.221 e. The van der Waals surface area contributed by atoms with Crippen LogP contribution in [0.2, 0.25) is 0 Å². The van der Waals surface area contributed by atoms with Gasteiger partial charge in [0.1, 0.15) is 18.1 Å². The van der Waals surface area contributed by atoms with E-state index in [2.05, 4.69) is 31.5 Å². The standard InChI is InChI=1S/C23H31N5O3.HI/c1-18(29)26-19-7-6-8-20(17-19)31-16-11-25-23(24-2)28-14-12-27(13-15-28)21-9-4-5-10-22(21)30-3;/h4-10,17H,11-16H2,1-3H3,(H,24,25)(H,26,29);1H. The largest absolute Gasteiger partial charge is 0.495 e. The second-order valence-electron chi connectivity index (χ2n) is 7.18. The SMILES string of the molecule is CN=C(NCCOc1cccc(NC(C)=O)c1)N1CCN(c2ccccc2OC)CC1.I. The zero-order valence-corrected chi connectivity index (χ0v) is 21.2. The predicted octanol–water partition coefficient (Wildman–Crippen LogP) is 3.05. The Morgan fingerprint density at radius 1 is 1.09 bits per heavy atom. The lowest BCUT2D eigenvalue weighted by Gasteiger charge is -2.38. The van der Waals surface area contributed by atoms with Crippen molar-refractivity contribution in [3.8, 4) is 11.5 Å². The van der Waals surface area contributed by atoms with Crippen LogP contribution in [0.15, 0.2) is 53.5 Å². The number of hydrogen-bond donors (Lipinski definition) is 2. The highest BCUT2D eigenvalue weighted by Gasteiger charge is 2.21. The van der Waals surface area contributed by atoms with Gasteiger partial charge in [-0.05, 0) is 24.3 Å². The molecule has 0 aromatic heterocycles. The molecule has 2 N–H and O–H groups in total. The summed E-state index contributed by atoms with van der Waals surface area (Å²) >= 11 is 0. The van der Waals surface area contributed by atoms with E-state index in [0.717, 1.165) is 49.3 Å². The monoisotopic (exact) mass is 553 g/mol. The lowest BCUT2D eigenvalue weighted by Crippen LogP contribution is -2.53. The van der Waals surface area contributed by atoms with Gasteiger partial charge >= 0.3 is 0 Å². The van der Waals surface area contributed by atoms with Gasteiger partial charge in [0.15, 0.2) is 5.96 Å². The molecule has 0 spiro atoms. The molecule has 1 aliphatic rings. The summed E-state index contributed by atoms with van der Waals surface area (Å²) in [5.41, 5.74) is 1.85. The second-order valence-corrected chi connectivity index (χ2v) is 7.18. The fourth-order valence-electron chi connectivity index (χ4n) is 3.58. The van der Waals surface area contributed by atoms with Gasteiger partial charge in [-0.3, -0.25) is 9.79 Å². The van der Waals surface area contributed by atoms with Gasteiger partial charge in [0, 0.05) is 51.9 Å². The molecule has 1 amide bonds. The molecule has 174 valence electrons. The van der Waals surface area contributed by atoms with E-state index in [-0.39, 0.29) is 29.9 Å². The minimum absolute atomic E-state index is 0. The molecule has 1 heterocycles. The summed E-state index contributed by atoms with van der Waals surface area (Å²) in [4.78, 5) is 20.2. The van der Waals surface area contributed by atoms with Crippen LogP contribution in [-0.4, -0.2) is 70.3 Å².